The number of hydrogen-bond donors (Lipinski definition) is 1. The molecule has 0 unspecified atom stereocenters. The molecule has 0 bridgehead atoms. The summed E-state index contributed by atoms with van der Waals surface area (Å²) in [6, 6.07) is 0. The molecular weight excluding hydrogens is 162 g/mol. The molecule has 0 aliphatic rings. The molecule has 0 spiro atoms. The van der Waals surface area contributed by atoms with Crippen LogP contribution in [0, 0.1) is 0 Å². The number of nitrogens with two attached hydrogens (primary N) is 1. The molecule has 1 aromatic heterocycles. The van der Waals surface area contributed by atoms with E-state index in [9.17, 15) is 0 Å². The van der Waals surface area contributed by atoms with E-state index in [1.165, 1.54) is 11.3 Å². The zero-order valence-corrected chi connectivity index (χ0v) is 7.23. The highest BCUT2D eigenvalue weighted by molar-refractivity contribution is 7.11. The van der Waals surface area contributed by atoms with Crippen LogP contribution in [0.2, 0.25) is 0 Å². The molecule has 0 saturated carbocycles. The fourth-order valence-corrected chi connectivity index (χ4v) is 1.28. The van der Waals surface area contributed by atoms with Gasteiger partial charge in [0.15, 0.2) is 0 Å². The van der Waals surface area contributed by atoms with E-state index in [0.29, 0.717) is 19.8 Å². The molecular formula is C6H11N3OS. The van der Waals surface area contributed by atoms with Gasteiger partial charge >= 0.3 is 0 Å². The maximum atomic E-state index is 5.36. The van der Waals surface area contributed by atoms with Gasteiger partial charge in [-0.2, -0.15) is 0 Å². The van der Waals surface area contributed by atoms with Crippen molar-refractivity contribution in [1.82, 2.24) is 10.2 Å². The first-order valence-corrected chi connectivity index (χ1v) is 4.27. The Morgan fingerprint density at radius 1 is 1.45 bits per heavy atom. The summed E-state index contributed by atoms with van der Waals surface area (Å²) in [5.74, 6) is 0. The van der Waals surface area contributed by atoms with Gasteiger partial charge in [-0.15, -0.1) is 10.2 Å². The van der Waals surface area contributed by atoms with Crippen molar-refractivity contribution in [2.45, 2.75) is 20.1 Å². The van der Waals surface area contributed by atoms with Gasteiger partial charge in [0, 0.05) is 13.2 Å². The number of ether oxygens (including phenoxy) is 1. The van der Waals surface area contributed by atoms with Crippen molar-refractivity contribution in [3.63, 3.8) is 0 Å². The van der Waals surface area contributed by atoms with Crippen molar-refractivity contribution in [1.29, 1.82) is 0 Å². The molecule has 2 N–H and O–H groups in total. The first-order valence-electron chi connectivity index (χ1n) is 3.46. The summed E-state index contributed by atoms with van der Waals surface area (Å²) < 4.78 is 5.14. The van der Waals surface area contributed by atoms with E-state index >= 15 is 0 Å². The molecule has 4 nitrogen and oxygen atoms in total. The van der Waals surface area contributed by atoms with Crippen molar-refractivity contribution in [2.24, 2.45) is 5.73 Å². The summed E-state index contributed by atoms with van der Waals surface area (Å²) in [5, 5.41) is 9.50. The van der Waals surface area contributed by atoms with Gasteiger partial charge in [0.25, 0.3) is 0 Å². The van der Waals surface area contributed by atoms with Crippen molar-refractivity contribution in [3.8, 4) is 0 Å². The summed E-state index contributed by atoms with van der Waals surface area (Å²) in [6.07, 6.45) is 0. The highest BCUT2D eigenvalue weighted by atomic mass is 32.1. The van der Waals surface area contributed by atoms with Crippen LogP contribution < -0.4 is 5.73 Å². The molecule has 0 saturated heterocycles. The summed E-state index contributed by atoms with van der Waals surface area (Å²) in [7, 11) is 0. The molecule has 0 aliphatic heterocycles. The summed E-state index contributed by atoms with van der Waals surface area (Å²) >= 11 is 1.50. The third-order valence-corrected chi connectivity index (χ3v) is 2.03. The van der Waals surface area contributed by atoms with E-state index in [0.717, 1.165) is 10.0 Å². The van der Waals surface area contributed by atoms with Crippen molar-refractivity contribution < 1.29 is 4.74 Å². The number of hydrogen-bond acceptors (Lipinski definition) is 5. The fraction of sp³-hybridized carbons (Fsp3) is 0.667. The monoisotopic (exact) mass is 173 g/mol. The maximum Gasteiger partial charge on any atom is 0.143 e. The second-order valence-corrected chi connectivity index (χ2v) is 3.08. The van der Waals surface area contributed by atoms with E-state index < -0.39 is 0 Å². The minimum atomic E-state index is 0.462. The topological polar surface area (TPSA) is 61.0 Å². The van der Waals surface area contributed by atoms with Crippen LogP contribution in [0.4, 0.5) is 0 Å². The van der Waals surface area contributed by atoms with Gasteiger partial charge in [-0.25, -0.2) is 0 Å². The van der Waals surface area contributed by atoms with E-state index in [2.05, 4.69) is 10.2 Å². The molecule has 1 aromatic rings. The van der Waals surface area contributed by atoms with E-state index in [1.54, 1.807) is 0 Å². The molecule has 0 fully saturated rings. The highest BCUT2D eigenvalue weighted by Crippen LogP contribution is 2.09. The SMILES string of the molecule is CCOCc1nnc(CN)s1. The lowest BCUT2D eigenvalue weighted by molar-refractivity contribution is 0.133. The van der Waals surface area contributed by atoms with E-state index in [1.807, 2.05) is 6.92 Å². The first kappa shape index (κ1) is 8.58. The average Bonchev–Trinajstić information content (AvgIpc) is 2.48. The van der Waals surface area contributed by atoms with Crippen LogP contribution in [0.5, 0.6) is 0 Å². The second-order valence-electron chi connectivity index (χ2n) is 1.93. The third-order valence-electron chi connectivity index (χ3n) is 1.11. The summed E-state index contributed by atoms with van der Waals surface area (Å²) in [6.45, 7) is 3.67. The normalized spacial score (nSPS) is 10.4. The van der Waals surface area contributed by atoms with Crippen LogP contribution in [-0.2, 0) is 17.9 Å². The van der Waals surface area contributed by atoms with Gasteiger partial charge in [-0.3, -0.25) is 0 Å². The summed E-state index contributed by atoms with van der Waals surface area (Å²) in [5.41, 5.74) is 5.36. The highest BCUT2D eigenvalue weighted by Gasteiger charge is 2.00. The van der Waals surface area contributed by atoms with Crippen LogP contribution in [-0.4, -0.2) is 16.8 Å². The quantitative estimate of drug-likeness (QED) is 0.721. The van der Waals surface area contributed by atoms with Gasteiger partial charge in [0.2, 0.25) is 0 Å². The second kappa shape index (κ2) is 4.38. The van der Waals surface area contributed by atoms with Crippen molar-refractivity contribution >= 4 is 11.3 Å². The molecule has 5 heteroatoms. The smallest absolute Gasteiger partial charge is 0.143 e. The third kappa shape index (κ3) is 2.53. The Balaban J connectivity index is 2.44. The van der Waals surface area contributed by atoms with Gasteiger partial charge < -0.3 is 10.5 Å². The fourth-order valence-electron chi connectivity index (χ4n) is 0.619. The molecule has 1 rings (SSSR count). The predicted molar refractivity (Wildman–Crippen MR) is 43.1 cm³/mol. The minimum absolute atomic E-state index is 0.462. The lowest BCUT2D eigenvalue weighted by atomic mass is 10.7. The van der Waals surface area contributed by atoms with Crippen LogP contribution in [0.3, 0.4) is 0 Å². The van der Waals surface area contributed by atoms with Gasteiger partial charge in [-0.1, -0.05) is 11.3 Å². The van der Waals surface area contributed by atoms with Crippen LogP contribution >= 0.6 is 11.3 Å². The Hall–Kier alpha value is -0.520. The van der Waals surface area contributed by atoms with Crippen molar-refractivity contribution in [3.05, 3.63) is 10.0 Å². The number of aromatic nitrogens is 2. The minimum Gasteiger partial charge on any atom is -0.374 e. The largest absolute Gasteiger partial charge is 0.374 e. The molecule has 0 radical (unpaired) electrons. The Morgan fingerprint density at radius 2 is 2.18 bits per heavy atom. The lowest BCUT2D eigenvalue weighted by Crippen LogP contribution is -1.94. The zero-order chi connectivity index (χ0) is 8.10. The van der Waals surface area contributed by atoms with Crippen LogP contribution in [0.25, 0.3) is 0 Å². The molecule has 11 heavy (non-hydrogen) atoms. The summed E-state index contributed by atoms with van der Waals surface area (Å²) in [4.78, 5) is 0. The lowest BCUT2D eigenvalue weighted by Gasteiger charge is -1.92. The predicted octanol–water partition coefficient (Wildman–Crippen LogP) is 0.533. The van der Waals surface area contributed by atoms with Crippen LogP contribution in [0.15, 0.2) is 0 Å². The van der Waals surface area contributed by atoms with Crippen LogP contribution in [0.1, 0.15) is 16.9 Å². The number of rotatable bonds is 4. The van der Waals surface area contributed by atoms with Gasteiger partial charge in [0.05, 0.1) is 0 Å². The Bertz CT molecular complexity index is 213. The Kier molecular flexibility index (Phi) is 3.41. The Morgan fingerprint density at radius 3 is 2.73 bits per heavy atom. The molecule has 0 atom stereocenters. The molecule has 62 valence electrons. The van der Waals surface area contributed by atoms with Gasteiger partial charge in [0.1, 0.15) is 16.6 Å². The average molecular weight is 173 g/mol. The first-order chi connectivity index (χ1) is 5.36. The van der Waals surface area contributed by atoms with E-state index in [-0.39, 0.29) is 0 Å². The Labute approximate surface area is 69.4 Å². The standard InChI is InChI=1S/C6H11N3OS/c1-2-10-4-6-9-8-5(3-7)11-6/h2-4,7H2,1H3. The number of nitrogens with zero attached hydrogens (tertiary/aromatic N) is 2. The zero-order valence-electron chi connectivity index (χ0n) is 6.41. The molecule has 1 heterocycles. The maximum absolute atomic E-state index is 5.36. The molecule has 0 aromatic carbocycles. The molecule has 0 amide bonds. The van der Waals surface area contributed by atoms with Crippen molar-refractivity contribution in [2.75, 3.05) is 6.61 Å². The molecule has 0 aliphatic carbocycles. The van der Waals surface area contributed by atoms with E-state index in [4.69, 9.17) is 10.5 Å². The van der Waals surface area contributed by atoms with Gasteiger partial charge in [-0.05, 0) is 6.92 Å².